The standard InChI is InChI=1S/C16H23N3O2/c17-16(18-20)12-4-6-15(7-5-12)21-9-8-19-10-13-2-1-3-14(13)11-19/h4-7,13-14,20H,1-3,8-11H2,(H2,17,18). The molecule has 2 atom stereocenters. The van der Waals surface area contributed by atoms with Crippen LogP contribution in [0.4, 0.5) is 0 Å². The van der Waals surface area contributed by atoms with E-state index in [-0.39, 0.29) is 5.84 Å². The van der Waals surface area contributed by atoms with Gasteiger partial charge in [-0.15, -0.1) is 0 Å². The number of ether oxygens (including phenoxy) is 1. The predicted molar refractivity (Wildman–Crippen MR) is 81.7 cm³/mol. The number of nitrogens with zero attached hydrogens (tertiary/aromatic N) is 2. The fraction of sp³-hybridized carbons (Fsp3) is 0.562. The van der Waals surface area contributed by atoms with Crippen LogP contribution in [0.15, 0.2) is 29.4 Å². The smallest absolute Gasteiger partial charge is 0.170 e. The maximum Gasteiger partial charge on any atom is 0.170 e. The molecule has 0 radical (unpaired) electrons. The topological polar surface area (TPSA) is 71.1 Å². The van der Waals surface area contributed by atoms with Crippen LogP contribution in [-0.2, 0) is 0 Å². The van der Waals surface area contributed by atoms with Crippen molar-refractivity contribution in [2.75, 3.05) is 26.2 Å². The summed E-state index contributed by atoms with van der Waals surface area (Å²) in [5, 5.41) is 11.6. The molecule has 1 aliphatic carbocycles. The van der Waals surface area contributed by atoms with Crippen LogP contribution < -0.4 is 10.5 Å². The summed E-state index contributed by atoms with van der Waals surface area (Å²) in [5.74, 6) is 2.81. The minimum atomic E-state index is 0.116. The van der Waals surface area contributed by atoms with Crippen LogP contribution in [0.5, 0.6) is 5.75 Å². The van der Waals surface area contributed by atoms with E-state index >= 15 is 0 Å². The van der Waals surface area contributed by atoms with E-state index in [1.807, 2.05) is 12.1 Å². The lowest BCUT2D eigenvalue weighted by Crippen LogP contribution is -2.27. The average molecular weight is 289 g/mol. The number of oxime groups is 1. The van der Waals surface area contributed by atoms with Crippen molar-refractivity contribution < 1.29 is 9.94 Å². The van der Waals surface area contributed by atoms with Crippen molar-refractivity contribution in [3.8, 4) is 5.75 Å². The average Bonchev–Trinajstić information content (AvgIpc) is 3.08. The Kier molecular flexibility index (Phi) is 4.29. The SMILES string of the molecule is N/C(=N/O)c1ccc(OCCN2CC3CCCC3C2)cc1. The first-order chi connectivity index (χ1) is 10.3. The van der Waals surface area contributed by atoms with E-state index in [9.17, 15) is 0 Å². The van der Waals surface area contributed by atoms with Crippen LogP contribution in [0.2, 0.25) is 0 Å². The highest BCUT2D eigenvalue weighted by Gasteiger charge is 2.35. The third-order valence-corrected chi connectivity index (χ3v) is 4.74. The van der Waals surface area contributed by atoms with Gasteiger partial charge in [-0.1, -0.05) is 11.6 Å². The van der Waals surface area contributed by atoms with Crippen LogP contribution in [0, 0.1) is 11.8 Å². The predicted octanol–water partition coefficient (Wildman–Crippen LogP) is 1.89. The lowest BCUT2D eigenvalue weighted by atomic mass is 10.0. The first-order valence-corrected chi connectivity index (χ1v) is 7.69. The Balaban J connectivity index is 1.43. The first-order valence-electron chi connectivity index (χ1n) is 7.69. The molecule has 1 aliphatic heterocycles. The summed E-state index contributed by atoms with van der Waals surface area (Å²) in [4.78, 5) is 2.53. The zero-order valence-electron chi connectivity index (χ0n) is 12.2. The van der Waals surface area contributed by atoms with Gasteiger partial charge < -0.3 is 15.7 Å². The molecule has 1 saturated carbocycles. The van der Waals surface area contributed by atoms with Crippen molar-refractivity contribution in [1.82, 2.24) is 4.90 Å². The molecule has 5 nitrogen and oxygen atoms in total. The second-order valence-corrected chi connectivity index (χ2v) is 6.07. The number of likely N-dealkylation sites (tertiary alicyclic amines) is 1. The molecule has 0 amide bonds. The second-order valence-electron chi connectivity index (χ2n) is 6.07. The first kappa shape index (κ1) is 14.2. The molecule has 0 bridgehead atoms. The number of hydrogen-bond donors (Lipinski definition) is 2. The number of nitrogens with two attached hydrogens (primary N) is 1. The fourth-order valence-electron chi connectivity index (χ4n) is 3.59. The summed E-state index contributed by atoms with van der Waals surface area (Å²) in [6.07, 6.45) is 4.25. The summed E-state index contributed by atoms with van der Waals surface area (Å²) in [5.41, 5.74) is 6.22. The quantitative estimate of drug-likeness (QED) is 0.376. The number of amidine groups is 1. The van der Waals surface area contributed by atoms with Crippen LogP contribution in [0.1, 0.15) is 24.8 Å². The number of benzene rings is 1. The van der Waals surface area contributed by atoms with Crippen molar-refractivity contribution in [3.05, 3.63) is 29.8 Å². The number of rotatable bonds is 5. The fourth-order valence-corrected chi connectivity index (χ4v) is 3.59. The van der Waals surface area contributed by atoms with E-state index < -0.39 is 0 Å². The van der Waals surface area contributed by atoms with Gasteiger partial charge in [0.25, 0.3) is 0 Å². The van der Waals surface area contributed by atoms with Gasteiger partial charge in [0.15, 0.2) is 5.84 Å². The molecule has 3 N–H and O–H groups in total. The molecule has 2 aliphatic rings. The van der Waals surface area contributed by atoms with Crippen molar-refractivity contribution >= 4 is 5.84 Å². The lowest BCUT2D eigenvalue weighted by molar-refractivity contribution is 0.227. The van der Waals surface area contributed by atoms with Gasteiger partial charge in [-0.05, 0) is 48.9 Å². The minimum absolute atomic E-state index is 0.116. The largest absolute Gasteiger partial charge is 0.492 e. The molecular weight excluding hydrogens is 266 g/mol. The van der Waals surface area contributed by atoms with Crippen molar-refractivity contribution in [2.24, 2.45) is 22.7 Å². The van der Waals surface area contributed by atoms with Crippen molar-refractivity contribution in [1.29, 1.82) is 0 Å². The van der Waals surface area contributed by atoms with Gasteiger partial charge in [-0.2, -0.15) is 0 Å². The van der Waals surface area contributed by atoms with Crippen LogP contribution in [0.3, 0.4) is 0 Å². The Bertz CT molecular complexity index is 489. The third kappa shape index (κ3) is 3.29. The molecule has 1 aromatic carbocycles. The summed E-state index contributed by atoms with van der Waals surface area (Å²) in [6.45, 7) is 4.20. The maximum absolute atomic E-state index is 8.61. The Morgan fingerprint density at radius 2 is 1.90 bits per heavy atom. The molecule has 5 heteroatoms. The highest BCUT2D eigenvalue weighted by Crippen LogP contribution is 2.37. The molecule has 0 spiro atoms. The van der Waals surface area contributed by atoms with Gasteiger partial charge in [-0.25, -0.2) is 0 Å². The van der Waals surface area contributed by atoms with Gasteiger partial charge >= 0.3 is 0 Å². The second kappa shape index (κ2) is 6.35. The molecular formula is C16H23N3O2. The highest BCUT2D eigenvalue weighted by atomic mass is 16.5. The Morgan fingerprint density at radius 3 is 2.52 bits per heavy atom. The summed E-state index contributed by atoms with van der Waals surface area (Å²) < 4.78 is 5.77. The van der Waals surface area contributed by atoms with Crippen LogP contribution in [0.25, 0.3) is 0 Å². The molecule has 1 saturated heterocycles. The van der Waals surface area contributed by atoms with Gasteiger partial charge in [0, 0.05) is 25.2 Å². The summed E-state index contributed by atoms with van der Waals surface area (Å²) in [7, 11) is 0. The molecule has 1 heterocycles. The Hall–Kier alpha value is -1.75. The molecule has 21 heavy (non-hydrogen) atoms. The Labute approximate surface area is 125 Å². The van der Waals surface area contributed by atoms with E-state index in [0.29, 0.717) is 12.2 Å². The summed E-state index contributed by atoms with van der Waals surface area (Å²) >= 11 is 0. The normalized spacial score (nSPS) is 26.0. The molecule has 2 fully saturated rings. The Morgan fingerprint density at radius 1 is 1.24 bits per heavy atom. The summed E-state index contributed by atoms with van der Waals surface area (Å²) in [6, 6.07) is 7.30. The highest BCUT2D eigenvalue weighted by molar-refractivity contribution is 5.97. The zero-order chi connectivity index (χ0) is 14.7. The van der Waals surface area contributed by atoms with Gasteiger partial charge in [0.1, 0.15) is 12.4 Å². The molecule has 0 aromatic heterocycles. The molecule has 114 valence electrons. The van der Waals surface area contributed by atoms with E-state index in [1.165, 1.54) is 32.4 Å². The van der Waals surface area contributed by atoms with Crippen LogP contribution in [-0.4, -0.2) is 42.2 Å². The van der Waals surface area contributed by atoms with Crippen molar-refractivity contribution in [2.45, 2.75) is 19.3 Å². The molecule has 1 aromatic rings. The minimum Gasteiger partial charge on any atom is -0.492 e. The van der Waals surface area contributed by atoms with Crippen molar-refractivity contribution in [3.63, 3.8) is 0 Å². The van der Waals surface area contributed by atoms with Gasteiger partial charge in [0.05, 0.1) is 0 Å². The van der Waals surface area contributed by atoms with E-state index in [0.717, 1.165) is 24.1 Å². The molecule has 3 rings (SSSR count). The lowest BCUT2D eigenvalue weighted by Gasteiger charge is -2.17. The van der Waals surface area contributed by atoms with Gasteiger partial charge in [-0.3, -0.25) is 4.90 Å². The van der Waals surface area contributed by atoms with Crippen LogP contribution >= 0.6 is 0 Å². The van der Waals surface area contributed by atoms with E-state index in [2.05, 4.69) is 10.1 Å². The third-order valence-electron chi connectivity index (χ3n) is 4.74. The zero-order valence-corrected chi connectivity index (χ0v) is 12.2. The van der Waals surface area contributed by atoms with Gasteiger partial charge in [0.2, 0.25) is 0 Å². The number of hydrogen-bond acceptors (Lipinski definition) is 4. The monoisotopic (exact) mass is 289 g/mol. The van der Waals surface area contributed by atoms with E-state index in [1.54, 1.807) is 12.1 Å². The van der Waals surface area contributed by atoms with E-state index in [4.69, 9.17) is 15.7 Å². The molecule has 2 unspecified atom stereocenters. The number of fused-ring (bicyclic) bond motifs is 1. The maximum atomic E-state index is 8.61.